The zero-order chi connectivity index (χ0) is 14.4. The molecule has 1 aromatic rings. The largest absolute Gasteiger partial charge is 0.493 e. The van der Waals surface area contributed by atoms with Crippen molar-refractivity contribution in [2.24, 2.45) is 0 Å². The number of hydrogen-bond donors (Lipinski definition) is 0. The normalized spacial score (nSPS) is 11.8. The van der Waals surface area contributed by atoms with Crippen molar-refractivity contribution in [3.8, 4) is 5.75 Å². The second-order valence-corrected chi connectivity index (χ2v) is 4.50. The molecule has 0 spiro atoms. The van der Waals surface area contributed by atoms with E-state index >= 15 is 0 Å². The van der Waals surface area contributed by atoms with Crippen molar-refractivity contribution in [2.45, 2.75) is 26.1 Å². The third kappa shape index (κ3) is 3.96. The van der Waals surface area contributed by atoms with Gasteiger partial charge in [0.1, 0.15) is 5.75 Å². The Balaban J connectivity index is 3.14. The van der Waals surface area contributed by atoms with Crippen molar-refractivity contribution in [3.63, 3.8) is 0 Å². The summed E-state index contributed by atoms with van der Waals surface area (Å²) in [5.74, 6) is -0.326. The third-order valence-corrected chi connectivity index (χ3v) is 2.62. The predicted molar refractivity (Wildman–Crippen MR) is 73.2 cm³/mol. The lowest BCUT2D eigenvalue weighted by Gasteiger charge is -2.12. The van der Waals surface area contributed by atoms with Gasteiger partial charge in [-0.15, -0.1) is 11.6 Å². The smallest absolute Gasteiger partial charge is 0.338 e. The first-order valence-electron chi connectivity index (χ1n) is 6.13. The molecule has 0 saturated heterocycles. The molecule has 0 saturated carbocycles. The molecule has 0 aliphatic heterocycles. The van der Waals surface area contributed by atoms with Crippen LogP contribution in [0.4, 0.5) is 0 Å². The van der Waals surface area contributed by atoms with E-state index in [1.165, 1.54) is 12.1 Å². The zero-order valence-electron chi connectivity index (χ0n) is 11.2. The van der Waals surface area contributed by atoms with E-state index in [0.29, 0.717) is 30.1 Å². The first-order chi connectivity index (χ1) is 9.01. The van der Waals surface area contributed by atoms with Crippen LogP contribution in [0.5, 0.6) is 5.75 Å². The molecule has 1 rings (SSSR count). The molecule has 1 unspecified atom stereocenters. The molecule has 0 heterocycles. The van der Waals surface area contributed by atoms with Gasteiger partial charge >= 0.3 is 5.97 Å². The van der Waals surface area contributed by atoms with Gasteiger partial charge < -0.3 is 9.47 Å². The summed E-state index contributed by atoms with van der Waals surface area (Å²) in [7, 11) is 0. The van der Waals surface area contributed by atoms with Crippen LogP contribution in [0.15, 0.2) is 18.2 Å². The summed E-state index contributed by atoms with van der Waals surface area (Å²) in [5.41, 5.74) is 0.724. The highest BCUT2D eigenvalue weighted by Crippen LogP contribution is 2.24. The summed E-state index contributed by atoms with van der Waals surface area (Å²) >= 11 is 5.79. The second-order valence-electron chi connectivity index (χ2n) is 3.84. The summed E-state index contributed by atoms with van der Waals surface area (Å²) in [4.78, 5) is 23.5. The van der Waals surface area contributed by atoms with Crippen LogP contribution in [-0.2, 0) is 4.74 Å². The number of carbonyl (C=O) groups is 2. The Labute approximate surface area is 117 Å². The summed E-state index contributed by atoms with van der Waals surface area (Å²) in [6, 6.07) is 4.58. The number of carbonyl (C=O) groups excluding carboxylic acids is 2. The molecule has 19 heavy (non-hydrogen) atoms. The number of ketones is 1. The highest BCUT2D eigenvalue weighted by molar-refractivity contribution is 6.34. The number of alkyl halides is 1. The van der Waals surface area contributed by atoms with Crippen LogP contribution in [-0.4, -0.2) is 30.3 Å². The maximum absolute atomic E-state index is 11.9. The lowest BCUT2D eigenvalue weighted by Crippen LogP contribution is -2.14. The van der Waals surface area contributed by atoms with Gasteiger partial charge in [0.15, 0.2) is 5.78 Å². The highest BCUT2D eigenvalue weighted by Gasteiger charge is 2.19. The first-order valence-corrected chi connectivity index (χ1v) is 6.57. The lowest BCUT2D eigenvalue weighted by atomic mass is 10.0. The summed E-state index contributed by atoms with van der Waals surface area (Å²) < 4.78 is 10.3. The Hall–Kier alpha value is -1.55. The van der Waals surface area contributed by atoms with Crippen LogP contribution in [0.25, 0.3) is 0 Å². The van der Waals surface area contributed by atoms with E-state index in [1.807, 2.05) is 0 Å². The molecule has 0 radical (unpaired) electrons. The molecular formula is C14H17ClO4. The van der Waals surface area contributed by atoms with E-state index < -0.39 is 11.3 Å². The van der Waals surface area contributed by atoms with Crippen molar-refractivity contribution < 1.29 is 19.1 Å². The molecule has 0 fully saturated rings. The van der Waals surface area contributed by atoms with Gasteiger partial charge in [-0.3, -0.25) is 4.79 Å². The second kappa shape index (κ2) is 7.14. The minimum atomic E-state index is -0.646. The fraction of sp³-hybridized carbons (Fsp3) is 0.429. The van der Waals surface area contributed by atoms with Crippen molar-refractivity contribution in [3.05, 3.63) is 29.3 Å². The van der Waals surface area contributed by atoms with Gasteiger partial charge in [-0.2, -0.15) is 0 Å². The summed E-state index contributed by atoms with van der Waals surface area (Å²) in [6.07, 6.45) is 0. The standard InChI is InChI=1S/C14H17ClO4/c1-4-18-12-8-10(14(17)19-5-2)6-7-11(12)13(16)9(3)15/h6-9H,4-5H2,1-3H3. The molecule has 0 N–H and O–H groups in total. The molecule has 4 nitrogen and oxygen atoms in total. The predicted octanol–water partition coefficient (Wildman–Crippen LogP) is 3.07. The third-order valence-electron chi connectivity index (χ3n) is 2.42. The molecule has 0 aromatic heterocycles. The average molecular weight is 285 g/mol. The van der Waals surface area contributed by atoms with Gasteiger partial charge in [-0.05, 0) is 39.0 Å². The van der Waals surface area contributed by atoms with Crippen LogP contribution in [0, 0.1) is 0 Å². The zero-order valence-corrected chi connectivity index (χ0v) is 12.0. The van der Waals surface area contributed by atoms with E-state index in [2.05, 4.69) is 0 Å². The quantitative estimate of drug-likeness (QED) is 0.458. The molecule has 0 amide bonds. The van der Waals surface area contributed by atoms with Crippen LogP contribution in [0.1, 0.15) is 41.5 Å². The van der Waals surface area contributed by atoms with Crippen molar-refractivity contribution in [1.82, 2.24) is 0 Å². The number of halogens is 1. The molecule has 0 aliphatic carbocycles. The molecule has 0 aliphatic rings. The number of benzene rings is 1. The molecule has 104 valence electrons. The molecule has 1 aromatic carbocycles. The van der Waals surface area contributed by atoms with Crippen molar-refractivity contribution in [2.75, 3.05) is 13.2 Å². The number of esters is 1. The molecular weight excluding hydrogens is 268 g/mol. The Morgan fingerprint density at radius 2 is 1.95 bits per heavy atom. The van der Waals surface area contributed by atoms with Crippen molar-refractivity contribution in [1.29, 1.82) is 0 Å². The maximum atomic E-state index is 11.9. The minimum absolute atomic E-state index is 0.236. The first kappa shape index (κ1) is 15.5. The Morgan fingerprint density at radius 3 is 2.47 bits per heavy atom. The number of ether oxygens (including phenoxy) is 2. The summed E-state index contributed by atoms with van der Waals surface area (Å²) in [6.45, 7) is 5.81. The van der Waals surface area contributed by atoms with Crippen LogP contribution >= 0.6 is 11.6 Å². The monoisotopic (exact) mass is 284 g/mol. The molecule has 5 heteroatoms. The molecule has 1 atom stereocenters. The minimum Gasteiger partial charge on any atom is -0.493 e. The highest BCUT2D eigenvalue weighted by atomic mass is 35.5. The number of Topliss-reactive ketones (excluding diaryl/α,β-unsaturated/α-hetero) is 1. The van der Waals surface area contributed by atoms with Gasteiger partial charge in [-0.25, -0.2) is 4.79 Å². The van der Waals surface area contributed by atoms with Gasteiger partial charge in [0, 0.05) is 0 Å². The Kier molecular flexibility index (Phi) is 5.83. The summed E-state index contributed by atoms with van der Waals surface area (Å²) in [5, 5.41) is -0.646. The van der Waals surface area contributed by atoms with Gasteiger partial charge in [0.25, 0.3) is 0 Å². The average Bonchev–Trinajstić information content (AvgIpc) is 2.38. The van der Waals surface area contributed by atoms with Crippen LogP contribution in [0.2, 0.25) is 0 Å². The van der Waals surface area contributed by atoms with E-state index in [4.69, 9.17) is 21.1 Å². The van der Waals surface area contributed by atoms with Gasteiger partial charge in [0.05, 0.1) is 29.7 Å². The van der Waals surface area contributed by atoms with E-state index in [0.717, 1.165) is 0 Å². The number of hydrogen-bond acceptors (Lipinski definition) is 4. The fourth-order valence-corrected chi connectivity index (χ4v) is 1.67. The van der Waals surface area contributed by atoms with Crippen LogP contribution < -0.4 is 4.74 Å². The maximum Gasteiger partial charge on any atom is 0.338 e. The number of rotatable bonds is 6. The van der Waals surface area contributed by atoms with E-state index in [1.54, 1.807) is 26.8 Å². The SMILES string of the molecule is CCOC(=O)c1ccc(C(=O)C(C)Cl)c(OCC)c1. The Morgan fingerprint density at radius 1 is 1.26 bits per heavy atom. The van der Waals surface area contributed by atoms with Crippen molar-refractivity contribution >= 4 is 23.4 Å². The van der Waals surface area contributed by atoms with Crippen LogP contribution in [0.3, 0.4) is 0 Å². The fourth-order valence-electron chi connectivity index (χ4n) is 1.56. The van der Waals surface area contributed by atoms with Gasteiger partial charge in [0.2, 0.25) is 0 Å². The van der Waals surface area contributed by atoms with E-state index in [9.17, 15) is 9.59 Å². The van der Waals surface area contributed by atoms with Gasteiger partial charge in [-0.1, -0.05) is 0 Å². The Bertz CT molecular complexity index is 469. The lowest BCUT2D eigenvalue weighted by molar-refractivity contribution is 0.0525. The molecule has 0 bridgehead atoms. The topological polar surface area (TPSA) is 52.6 Å². The van der Waals surface area contributed by atoms with E-state index in [-0.39, 0.29) is 5.78 Å².